The summed E-state index contributed by atoms with van der Waals surface area (Å²) in [6, 6.07) is 14.4. The van der Waals surface area contributed by atoms with Gasteiger partial charge in [-0.25, -0.2) is 0 Å². The molecular formula is C22H24N4O3. The number of nitrogens with one attached hydrogen (secondary N) is 3. The zero-order valence-electron chi connectivity index (χ0n) is 16.3. The average Bonchev–Trinajstić information content (AvgIpc) is 3.45. The van der Waals surface area contributed by atoms with E-state index >= 15 is 0 Å². The molecule has 7 heteroatoms. The van der Waals surface area contributed by atoms with Crippen LogP contribution in [0.15, 0.2) is 48.5 Å². The summed E-state index contributed by atoms with van der Waals surface area (Å²) in [5.74, 6) is 0.292. The molecular weight excluding hydrogens is 368 g/mol. The summed E-state index contributed by atoms with van der Waals surface area (Å²) in [5.41, 5.74) is 2.71. The van der Waals surface area contributed by atoms with Gasteiger partial charge in [0.15, 0.2) is 0 Å². The largest absolute Gasteiger partial charge is 0.360 e. The lowest BCUT2D eigenvalue weighted by Gasteiger charge is -2.28. The monoisotopic (exact) mass is 392 g/mol. The summed E-state index contributed by atoms with van der Waals surface area (Å²) in [6.45, 7) is 3.78. The SMILES string of the molecule is CC1CC1C(=O)Nc1cccc(C(=O)Nc2ccc(N3CCNC(=O)C3)cc2)c1. The first kappa shape index (κ1) is 19.0. The Morgan fingerprint density at radius 2 is 1.83 bits per heavy atom. The Morgan fingerprint density at radius 3 is 2.52 bits per heavy atom. The van der Waals surface area contributed by atoms with E-state index in [4.69, 9.17) is 0 Å². The van der Waals surface area contributed by atoms with Crippen LogP contribution in [0.3, 0.4) is 0 Å². The minimum absolute atomic E-state index is 0.0109. The van der Waals surface area contributed by atoms with Crippen molar-refractivity contribution < 1.29 is 14.4 Å². The summed E-state index contributed by atoms with van der Waals surface area (Å²) in [5, 5.41) is 8.56. The van der Waals surface area contributed by atoms with Crippen molar-refractivity contribution >= 4 is 34.8 Å². The first-order valence-electron chi connectivity index (χ1n) is 9.83. The Labute approximate surface area is 169 Å². The van der Waals surface area contributed by atoms with Gasteiger partial charge in [-0.05, 0) is 54.8 Å². The van der Waals surface area contributed by atoms with E-state index in [1.807, 2.05) is 29.2 Å². The standard InChI is InChI=1S/C22H24N4O3/c1-14-11-19(14)22(29)25-17-4-2-3-15(12-17)21(28)24-16-5-7-18(8-6-16)26-10-9-23-20(27)13-26/h2-8,12,14,19H,9-11,13H2,1H3,(H,23,27)(H,24,28)(H,25,29). The molecule has 0 bridgehead atoms. The molecule has 2 aromatic rings. The number of piperazine rings is 1. The van der Waals surface area contributed by atoms with Gasteiger partial charge in [0.1, 0.15) is 0 Å². The molecule has 0 aromatic heterocycles. The predicted octanol–water partition coefficient (Wildman–Crippen LogP) is 2.47. The van der Waals surface area contributed by atoms with Crippen molar-refractivity contribution in [2.24, 2.45) is 11.8 Å². The highest BCUT2D eigenvalue weighted by atomic mass is 16.2. The lowest BCUT2D eigenvalue weighted by atomic mass is 10.1. The van der Waals surface area contributed by atoms with E-state index in [0.717, 1.165) is 18.7 Å². The molecule has 1 saturated carbocycles. The fraction of sp³-hybridized carbons (Fsp3) is 0.318. The predicted molar refractivity (Wildman–Crippen MR) is 112 cm³/mol. The number of carbonyl (C=O) groups is 3. The van der Waals surface area contributed by atoms with Gasteiger partial charge in [-0.3, -0.25) is 14.4 Å². The lowest BCUT2D eigenvalue weighted by Crippen LogP contribution is -2.47. The zero-order chi connectivity index (χ0) is 20.4. The van der Waals surface area contributed by atoms with Gasteiger partial charge in [0.05, 0.1) is 6.54 Å². The molecule has 1 aliphatic heterocycles. The van der Waals surface area contributed by atoms with Crippen LogP contribution in [0.4, 0.5) is 17.1 Å². The van der Waals surface area contributed by atoms with Crippen LogP contribution in [0.1, 0.15) is 23.7 Å². The molecule has 2 fully saturated rings. The minimum Gasteiger partial charge on any atom is -0.360 e. The molecule has 150 valence electrons. The van der Waals surface area contributed by atoms with Crippen LogP contribution in [0, 0.1) is 11.8 Å². The Hall–Kier alpha value is -3.35. The van der Waals surface area contributed by atoms with E-state index in [9.17, 15) is 14.4 Å². The third-order valence-electron chi connectivity index (χ3n) is 5.37. The maximum absolute atomic E-state index is 12.6. The normalized spacial score (nSPS) is 20.6. The maximum Gasteiger partial charge on any atom is 0.255 e. The zero-order valence-corrected chi connectivity index (χ0v) is 16.3. The van der Waals surface area contributed by atoms with E-state index < -0.39 is 0 Å². The highest BCUT2D eigenvalue weighted by molar-refractivity contribution is 6.05. The second-order valence-corrected chi connectivity index (χ2v) is 7.66. The Balaban J connectivity index is 1.38. The van der Waals surface area contributed by atoms with Crippen molar-refractivity contribution in [1.29, 1.82) is 0 Å². The number of hydrogen-bond acceptors (Lipinski definition) is 4. The Bertz CT molecular complexity index is 941. The molecule has 3 amide bonds. The van der Waals surface area contributed by atoms with Gasteiger partial charge in [-0.1, -0.05) is 13.0 Å². The highest BCUT2D eigenvalue weighted by Crippen LogP contribution is 2.38. The molecule has 7 nitrogen and oxygen atoms in total. The van der Waals surface area contributed by atoms with Crippen molar-refractivity contribution in [3.63, 3.8) is 0 Å². The second-order valence-electron chi connectivity index (χ2n) is 7.66. The smallest absolute Gasteiger partial charge is 0.255 e. The molecule has 1 aliphatic carbocycles. The number of carbonyl (C=O) groups excluding carboxylic acids is 3. The van der Waals surface area contributed by atoms with Gasteiger partial charge in [0, 0.05) is 41.6 Å². The molecule has 1 saturated heterocycles. The molecule has 4 rings (SSSR count). The molecule has 0 radical (unpaired) electrons. The van der Waals surface area contributed by atoms with Crippen molar-refractivity contribution in [1.82, 2.24) is 5.32 Å². The van der Waals surface area contributed by atoms with Crippen LogP contribution in [-0.2, 0) is 9.59 Å². The Kier molecular flexibility index (Phi) is 5.20. The third kappa shape index (κ3) is 4.56. The number of benzene rings is 2. The van der Waals surface area contributed by atoms with Crippen molar-refractivity contribution in [2.75, 3.05) is 35.2 Å². The number of nitrogens with zero attached hydrogens (tertiary/aromatic N) is 1. The lowest BCUT2D eigenvalue weighted by molar-refractivity contribution is -0.120. The summed E-state index contributed by atoms with van der Waals surface area (Å²) >= 11 is 0. The molecule has 2 atom stereocenters. The fourth-order valence-corrected chi connectivity index (χ4v) is 3.48. The summed E-state index contributed by atoms with van der Waals surface area (Å²) < 4.78 is 0. The van der Waals surface area contributed by atoms with Gasteiger partial charge < -0.3 is 20.9 Å². The number of hydrogen-bond donors (Lipinski definition) is 3. The number of amides is 3. The van der Waals surface area contributed by atoms with Crippen LogP contribution in [0.25, 0.3) is 0 Å². The van der Waals surface area contributed by atoms with E-state index in [2.05, 4.69) is 22.9 Å². The highest BCUT2D eigenvalue weighted by Gasteiger charge is 2.39. The van der Waals surface area contributed by atoms with E-state index in [0.29, 0.717) is 35.9 Å². The van der Waals surface area contributed by atoms with Crippen LogP contribution in [0.2, 0.25) is 0 Å². The van der Waals surface area contributed by atoms with Crippen molar-refractivity contribution in [3.05, 3.63) is 54.1 Å². The van der Waals surface area contributed by atoms with E-state index in [-0.39, 0.29) is 23.6 Å². The van der Waals surface area contributed by atoms with Gasteiger partial charge in [0.25, 0.3) is 5.91 Å². The summed E-state index contributed by atoms with van der Waals surface area (Å²) in [4.78, 5) is 38.2. The van der Waals surface area contributed by atoms with Crippen LogP contribution in [-0.4, -0.2) is 37.4 Å². The Morgan fingerprint density at radius 1 is 1.07 bits per heavy atom. The molecule has 3 N–H and O–H groups in total. The van der Waals surface area contributed by atoms with Crippen molar-refractivity contribution in [3.8, 4) is 0 Å². The summed E-state index contributed by atoms with van der Waals surface area (Å²) in [6.07, 6.45) is 0.921. The molecule has 2 aliphatic rings. The maximum atomic E-state index is 12.6. The number of anilines is 3. The molecule has 2 aromatic carbocycles. The van der Waals surface area contributed by atoms with Gasteiger partial charge in [-0.2, -0.15) is 0 Å². The van der Waals surface area contributed by atoms with Gasteiger partial charge in [-0.15, -0.1) is 0 Å². The van der Waals surface area contributed by atoms with Crippen LogP contribution >= 0.6 is 0 Å². The van der Waals surface area contributed by atoms with Gasteiger partial charge >= 0.3 is 0 Å². The van der Waals surface area contributed by atoms with E-state index in [1.165, 1.54) is 0 Å². The van der Waals surface area contributed by atoms with Gasteiger partial charge in [0.2, 0.25) is 11.8 Å². The number of rotatable bonds is 5. The van der Waals surface area contributed by atoms with E-state index in [1.54, 1.807) is 24.3 Å². The van der Waals surface area contributed by atoms with Crippen LogP contribution < -0.4 is 20.9 Å². The van der Waals surface area contributed by atoms with Crippen LogP contribution in [0.5, 0.6) is 0 Å². The first-order chi connectivity index (χ1) is 14.0. The summed E-state index contributed by atoms with van der Waals surface area (Å²) in [7, 11) is 0. The fourth-order valence-electron chi connectivity index (χ4n) is 3.48. The topological polar surface area (TPSA) is 90.5 Å². The molecule has 1 heterocycles. The average molecular weight is 392 g/mol. The third-order valence-corrected chi connectivity index (χ3v) is 5.37. The molecule has 29 heavy (non-hydrogen) atoms. The molecule has 0 spiro atoms. The second kappa shape index (κ2) is 7.95. The minimum atomic E-state index is -0.244. The molecule has 2 unspecified atom stereocenters. The quantitative estimate of drug-likeness (QED) is 0.729. The van der Waals surface area contributed by atoms with Crippen molar-refractivity contribution in [2.45, 2.75) is 13.3 Å². The first-order valence-corrected chi connectivity index (χ1v) is 9.83.